The van der Waals surface area contributed by atoms with E-state index < -0.39 is 4.92 Å². The van der Waals surface area contributed by atoms with Crippen molar-refractivity contribution in [3.8, 4) is 0 Å². The third-order valence-electron chi connectivity index (χ3n) is 3.26. The number of rotatable bonds is 3. The van der Waals surface area contributed by atoms with Crippen LogP contribution < -0.4 is 5.32 Å². The lowest BCUT2D eigenvalue weighted by Crippen LogP contribution is -2.49. The molecular formula is C12H16ClN3O2. The summed E-state index contributed by atoms with van der Waals surface area (Å²) in [4.78, 5) is 12.5. The maximum absolute atomic E-state index is 10.6. The number of nitrogens with one attached hydrogen (secondary N) is 1. The van der Waals surface area contributed by atoms with Gasteiger partial charge in [-0.25, -0.2) is 0 Å². The molecule has 0 saturated carbocycles. The summed E-state index contributed by atoms with van der Waals surface area (Å²) in [6, 6.07) is 5.12. The Balaban J connectivity index is 2.11. The minimum absolute atomic E-state index is 0.0390. The fourth-order valence-electron chi connectivity index (χ4n) is 2.11. The van der Waals surface area contributed by atoms with E-state index in [-0.39, 0.29) is 5.69 Å². The van der Waals surface area contributed by atoms with Crippen LogP contribution in [-0.4, -0.2) is 35.5 Å². The van der Waals surface area contributed by atoms with E-state index in [0.717, 1.165) is 31.7 Å². The predicted octanol–water partition coefficient (Wildman–Crippen LogP) is 2.04. The van der Waals surface area contributed by atoms with Crippen LogP contribution in [0.4, 0.5) is 5.69 Å². The van der Waals surface area contributed by atoms with Crippen LogP contribution in [-0.2, 0) is 6.54 Å². The monoisotopic (exact) mass is 269 g/mol. The average Bonchev–Trinajstić information content (AvgIpc) is 2.34. The second-order valence-electron chi connectivity index (χ2n) is 4.56. The Morgan fingerprint density at radius 3 is 3.00 bits per heavy atom. The van der Waals surface area contributed by atoms with Gasteiger partial charge in [0.1, 0.15) is 0 Å². The van der Waals surface area contributed by atoms with Crippen molar-refractivity contribution in [1.29, 1.82) is 0 Å². The molecule has 98 valence electrons. The summed E-state index contributed by atoms with van der Waals surface area (Å²) in [6.07, 6.45) is 0. The van der Waals surface area contributed by atoms with Gasteiger partial charge in [-0.15, -0.1) is 0 Å². The molecule has 0 bridgehead atoms. The van der Waals surface area contributed by atoms with Crippen LogP contribution in [0.5, 0.6) is 0 Å². The highest BCUT2D eigenvalue weighted by Crippen LogP contribution is 2.24. The van der Waals surface area contributed by atoms with Gasteiger partial charge in [0, 0.05) is 44.4 Å². The summed E-state index contributed by atoms with van der Waals surface area (Å²) in [5.74, 6) is 0. The topological polar surface area (TPSA) is 58.4 Å². The maximum atomic E-state index is 10.6. The number of piperazine rings is 1. The lowest BCUT2D eigenvalue weighted by atomic mass is 10.1. The van der Waals surface area contributed by atoms with Crippen molar-refractivity contribution in [2.75, 3.05) is 19.6 Å². The highest BCUT2D eigenvalue weighted by molar-refractivity contribution is 6.31. The molecule has 0 amide bonds. The van der Waals surface area contributed by atoms with E-state index in [4.69, 9.17) is 11.6 Å². The van der Waals surface area contributed by atoms with E-state index in [0.29, 0.717) is 11.1 Å². The second kappa shape index (κ2) is 5.65. The van der Waals surface area contributed by atoms with E-state index in [2.05, 4.69) is 17.1 Å². The van der Waals surface area contributed by atoms with Crippen LogP contribution in [0.15, 0.2) is 18.2 Å². The zero-order chi connectivity index (χ0) is 13.1. The summed E-state index contributed by atoms with van der Waals surface area (Å²) in [5, 5.41) is 14.4. The molecule has 2 rings (SSSR count). The molecular weight excluding hydrogens is 254 g/mol. The van der Waals surface area contributed by atoms with Crippen molar-refractivity contribution in [3.63, 3.8) is 0 Å². The van der Waals surface area contributed by atoms with E-state index in [1.165, 1.54) is 12.1 Å². The highest BCUT2D eigenvalue weighted by Gasteiger charge is 2.19. The van der Waals surface area contributed by atoms with Gasteiger partial charge in [0.05, 0.1) is 9.95 Å². The molecule has 0 unspecified atom stereocenters. The predicted molar refractivity (Wildman–Crippen MR) is 70.8 cm³/mol. The van der Waals surface area contributed by atoms with E-state index in [1.807, 2.05) is 0 Å². The van der Waals surface area contributed by atoms with Gasteiger partial charge in [-0.1, -0.05) is 11.6 Å². The molecule has 0 aliphatic carbocycles. The number of nitro groups is 1. The molecule has 0 radical (unpaired) electrons. The van der Waals surface area contributed by atoms with Crippen LogP contribution in [0.25, 0.3) is 0 Å². The van der Waals surface area contributed by atoms with Gasteiger partial charge in [-0.2, -0.15) is 0 Å². The smallest absolute Gasteiger partial charge is 0.270 e. The number of non-ortho nitro benzene ring substituents is 1. The zero-order valence-electron chi connectivity index (χ0n) is 10.2. The molecule has 1 saturated heterocycles. The standard InChI is InChI=1S/C12H16ClN3O2/c1-9-7-14-4-5-15(9)8-10-2-3-11(16(17)18)6-12(10)13/h2-3,6,9,14H,4-5,7-8H2,1H3/t9-/m1/s1. The lowest BCUT2D eigenvalue weighted by Gasteiger charge is -2.34. The molecule has 1 fully saturated rings. The first-order chi connectivity index (χ1) is 8.58. The molecule has 1 aliphatic heterocycles. The SMILES string of the molecule is C[C@@H]1CNCCN1Cc1ccc([N+](=O)[O-])cc1Cl. The zero-order valence-corrected chi connectivity index (χ0v) is 11.0. The first-order valence-electron chi connectivity index (χ1n) is 5.95. The summed E-state index contributed by atoms with van der Waals surface area (Å²) in [5.41, 5.74) is 0.980. The number of halogens is 1. The first kappa shape index (κ1) is 13.3. The Labute approximate surface area is 111 Å². The lowest BCUT2D eigenvalue weighted by molar-refractivity contribution is -0.384. The fourth-order valence-corrected chi connectivity index (χ4v) is 2.35. The van der Waals surface area contributed by atoms with Gasteiger partial charge in [0.15, 0.2) is 0 Å². The van der Waals surface area contributed by atoms with Gasteiger partial charge in [-0.3, -0.25) is 15.0 Å². The van der Waals surface area contributed by atoms with E-state index in [1.54, 1.807) is 6.07 Å². The van der Waals surface area contributed by atoms with Crippen molar-refractivity contribution >= 4 is 17.3 Å². The van der Waals surface area contributed by atoms with Crippen LogP contribution in [0.3, 0.4) is 0 Å². The molecule has 6 heteroatoms. The van der Waals surface area contributed by atoms with Crippen molar-refractivity contribution in [1.82, 2.24) is 10.2 Å². The Kier molecular flexibility index (Phi) is 4.16. The van der Waals surface area contributed by atoms with Gasteiger partial charge in [-0.05, 0) is 18.6 Å². The van der Waals surface area contributed by atoms with Crippen LogP contribution in [0, 0.1) is 10.1 Å². The van der Waals surface area contributed by atoms with Crippen molar-refractivity contribution in [2.45, 2.75) is 19.5 Å². The summed E-state index contributed by atoms with van der Waals surface area (Å²) in [7, 11) is 0. The quantitative estimate of drug-likeness (QED) is 0.674. The first-order valence-corrected chi connectivity index (χ1v) is 6.33. The Bertz CT molecular complexity index is 453. The summed E-state index contributed by atoms with van der Waals surface area (Å²) >= 11 is 6.09. The number of benzene rings is 1. The normalized spacial score (nSPS) is 20.9. The summed E-state index contributed by atoms with van der Waals surface area (Å²) < 4.78 is 0. The molecule has 0 aromatic heterocycles. The molecule has 1 aromatic carbocycles. The number of nitro benzene ring substituents is 1. The van der Waals surface area contributed by atoms with Gasteiger partial charge < -0.3 is 5.32 Å². The Morgan fingerprint density at radius 2 is 2.39 bits per heavy atom. The fraction of sp³-hybridized carbons (Fsp3) is 0.500. The van der Waals surface area contributed by atoms with E-state index >= 15 is 0 Å². The molecule has 1 atom stereocenters. The molecule has 0 spiro atoms. The van der Waals surface area contributed by atoms with Crippen LogP contribution >= 0.6 is 11.6 Å². The molecule has 1 aliphatic rings. The number of nitrogens with zero attached hydrogens (tertiary/aromatic N) is 2. The van der Waals surface area contributed by atoms with Gasteiger partial charge in [0.25, 0.3) is 5.69 Å². The molecule has 1 N–H and O–H groups in total. The average molecular weight is 270 g/mol. The largest absolute Gasteiger partial charge is 0.314 e. The molecule has 1 heterocycles. The third kappa shape index (κ3) is 2.98. The molecule has 1 aromatic rings. The van der Waals surface area contributed by atoms with Gasteiger partial charge >= 0.3 is 0 Å². The van der Waals surface area contributed by atoms with Crippen molar-refractivity contribution in [2.24, 2.45) is 0 Å². The van der Waals surface area contributed by atoms with Gasteiger partial charge in [0.2, 0.25) is 0 Å². The Morgan fingerprint density at radius 1 is 1.61 bits per heavy atom. The maximum Gasteiger partial charge on any atom is 0.270 e. The minimum atomic E-state index is -0.427. The molecule has 18 heavy (non-hydrogen) atoms. The second-order valence-corrected chi connectivity index (χ2v) is 4.96. The van der Waals surface area contributed by atoms with Crippen LogP contribution in [0.2, 0.25) is 5.02 Å². The van der Waals surface area contributed by atoms with Crippen LogP contribution in [0.1, 0.15) is 12.5 Å². The summed E-state index contributed by atoms with van der Waals surface area (Å²) in [6.45, 7) is 5.79. The minimum Gasteiger partial charge on any atom is -0.314 e. The molecule has 5 nitrogen and oxygen atoms in total. The van der Waals surface area contributed by atoms with Crippen molar-refractivity contribution in [3.05, 3.63) is 38.9 Å². The Hall–Kier alpha value is -1.17. The highest BCUT2D eigenvalue weighted by atomic mass is 35.5. The third-order valence-corrected chi connectivity index (χ3v) is 3.61. The van der Waals surface area contributed by atoms with E-state index in [9.17, 15) is 10.1 Å². The van der Waals surface area contributed by atoms with Crippen molar-refractivity contribution < 1.29 is 4.92 Å². The number of hydrogen-bond donors (Lipinski definition) is 1. The number of hydrogen-bond acceptors (Lipinski definition) is 4.